The van der Waals surface area contributed by atoms with Gasteiger partial charge < -0.3 is 9.64 Å². The lowest BCUT2D eigenvalue weighted by atomic mass is 9.99. The molecule has 5 nitrogen and oxygen atoms in total. The Bertz CT molecular complexity index is 424. The molecular formula is C13H23N3O2. The highest BCUT2D eigenvalue weighted by Gasteiger charge is 2.23. The number of aromatic nitrogens is 2. The van der Waals surface area contributed by atoms with Gasteiger partial charge in [-0.1, -0.05) is 0 Å². The van der Waals surface area contributed by atoms with E-state index in [0.29, 0.717) is 0 Å². The number of rotatable bonds is 5. The van der Waals surface area contributed by atoms with E-state index in [9.17, 15) is 4.79 Å². The van der Waals surface area contributed by atoms with E-state index in [1.807, 2.05) is 39.5 Å². The number of hydrogen-bond donors (Lipinski definition) is 0. The molecule has 0 radical (unpaired) electrons. The second kappa shape index (κ2) is 6.00. The van der Waals surface area contributed by atoms with Gasteiger partial charge in [0.1, 0.15) is 0 Å². The lowest BCUT2D eigenvalue weighted by molar-refractivity contribution is -0.142. The van der Waals surface area contributed by atoms with Crippen LogP contribution in [0.2, 0.25) is 0 Å². The molecular weight excluding hydrogens is 230 g/mol. The predicted molar refractivity (Wildman–Crippen MR) is 70.7 cm³/mol. The van der Waals surface area contributed by atoms with Crippen molar-refractivity contribution in [3.63, 3.8) is 0 Å². The SMILES string of the molecule is COC(=O)C(C)c1c(C)nn(CCN(C)C)c1C. The van der Waals surface area contributed by atoms with E-state index >= 15 is 0 Å². The number of esters is 1. The lowest BCUT2D eigenvalue weighted by Gasteiger charge is -2.12. The van der Waals surface area contributed by atoms with Crippen LogP contribution >= 0.6 is 0 Å². The molecule has 1 unspecified atom stereocenters. The summed E-state index contributed by atoms with van der Waals surface area (Å²) < 4.78 is 6.76. The molecule has 1 heterocycles. The van der Waals surface area contributed by atoms with Gasteiger partial charge in [-0.3, -0.25) is 9.48 Å². The molecule has 0 saturated heterocycles. The van der Waals surface area contributed by atoms with Gasteiger partial charge in [-0.15, -0.1) is 0 Å². The fourth-order valence-corrected chi connectivity index (χ4v) is 2.14. The van der Waals surface area contributed by atoms with Gasteiger partial charge in [-0.05, 0) is 34.9 Å². The van der Waals surface area contributed by atoms with Crippen molar-refractivity contribution in [3.05, 3.63) is 17.0 Å². The summed E-state index contributed by atoms with van der Waals surface area (Å²) in [6.07, 6.45) is 0. The molecule has 5 heteroatoms. The molecule has 0 aromatic carbocycles. The predicted octanol–water partition coefficient (Wildman–Crippen LogP) is 1.34. The average molecular weight is 253 g/mol. The zero-order valence-electron chi connectivity index (χ0n) is 12.1. The van der Waals surface area contributed by atoms with Crippen LogP contribution in [0.1, 0.15) is 29.8 Å². The van der Waals surface area contributed by atoms with Crippen LogP contribution in [0.4, 0.5) is 0 Å². The van der Waals surface area contributed by atoms with E-state index in [2.05, 4.69) is 10.00 Å². The first-order chi connectivity index (χ1) is 8.38. The van der Waals surface area contributed by atoms with Gasteiger partial charge in [0.25, 0.3) is 0 Å². The van der Waals surface area contributed by atoms with Crippen LogP contribution in [0.25, 0.3) is 0 Å². The maximum atomic E-state index is 11.6. The van der Waals surface area contributed by atoms with Gasteiger partial charge in [-0.2, -0.15) is 5.10 Å². The second-order valence-corrected chi connectivity index (χ2v) is 4.86. The van der Waals surface area contributed by atoms with Crippen LogP contribution in [0.3, 0.4) is 0 Å². The third-order valence-electron chi connectivity index (χ3n) is 3.18. The fourth-order valence-electron chi connectivity index (χ4n) is 2.14. The molecule has 0 amide bonds. The molecule has 102 valence electrons. The first-order valence-electron chi connectivity index (χ1n) is 6.15. The molecule has 0 saturated carbocycles. The molecule has 1 rings (SSSR count). The van der Waals surface area contributed by atoms with Crippen LogP contribution in [0.15, 0.2) is 0 Å². The number of ether oxygens (including phenoxy) is 1. The molecule has 18 heavy (non-hydrogen) atoms. The van der Waals surface area contributed by atoms with Crippen molar-refractivity contribution >= 4 is 5.97 Å². The molecule has 0 spiro atoms. The molecule has 0 aliphatic rings. The number of aryl methyl sites for hydroxylation is 1. The number of carbonyl (C=O) groups excluding carboxylic acids is 1. The van der Waals surface area contributed by atoms with E-state index in [-0.39, 0.29) is 11.9 Å². The minimum absolute atomic E-state index is 0.214. The summed E-state index contributed by atoms with van der Waals surface area (Å²) in [6, 6.07) is 0. The highest BCUT2D eigenvalue weighted by atomic mass is 16.5. The van der Waals surface area contributed by atoms with Crippen molar-refractivity contribution in [1.29, 1.82) is 0 Å². The number of methoxy groups -OCH3 is 1. The molecule has 1 atom stereocenters. The van der Waals surface area contributed by atoms with Gasteiger partial charge in [0, 0.05) is 17.8 Å². The number of hydrogen-bond acceptors (Lipinski definition) is 4. The normalized spacial score (nSPS) is 12.8. The van der Waals surface area contributed by atoms with Crippen molar-refractivity contribution in [1.82, 2.24) is 14.7 Å². The van der Waals surface area contributed by atoms with Gasteiger partial charge in [0.05, 0.1) is 25.3 Å². The average Bonchev–Trinajstić information content (AvgIpc) is 2.60. The number of carbonyl (C=O) groups is 1. The van der Waals surface area contributed by atoms with Crippen LogP contribution in [-0.2, 0) is 16.1 Å². The zero-order chi connectivity index (χ0) is 13.9. The van der Waals surface area contributed by atoms with Gasteiger partial charge in [0.15, 0.2) is 0 Å². The second-order valence-electron chi connectivity index (χ2n) is 4.86. The van der Waals surface area contributed by atoms with Crippen LogP contribution in [-0.4, -0.2) is 48.4 Å². The van der Waals surface area contributed by atoms with E-state index in [1.165, 1.54) is 7.11 Å². The Morgan fingerprint density at radius 3 is 2.56 bits per heavy atom. The van der Waals surface area contributed by atoms with E-state index < -0.39 is 0 Å². The maximum Gasteiger partial charge on any atom is 0.312 e. The summed E-state index contributed by atoms with van der Waals surface area (Å²) in [6.45, 7) is 7.55. The summed E-state index contributed by atoms with van der Waals surface area (Å²) in [5, 5.41) is 4.50. The molecule has 1 aromatic heterocycles. The molecule has 1 aromatic rings. The van der Waals surface area contributed by atoms with Crippen LogP contribution in [0.5, 0.6) is 0 Å². The summed E-state index contributed by atoms with van der Waals surface area (Å²) >= 11 is 0. The minimum atomic E-state index is -0.261. The van der Waals surface area contributed by atoms with Crippen molar-refractivity contribution in [2.45, 2.75) is 33.2 Å². The van der Waals surface area contributed by atoms with E-state index in [0.717, 1.165) is 30.0 Å². The van der Waals surface area contributed by atoms with E-state index in [4.69, 9.17) is 4.74 Å². The first-order valence-corrected chi connectivity index (χ1v) is 6.15. The summed E-state index contributed by atoms with van der Waals surface area (Å²) in [5.41, 5.74) is 2.94. The zero-order valence-corrected chi connectivity index (χ0v) is 12.1. The fraction of sp³-hybridized carbons (Fsp3) is 0.692. The Hall–Kier alpha value is -1.36. The highest BCUT2D eigenvalue weighted by molar-refractivity contribution is 5.78. The summed E-state index contributed by atoms with van der Waals surface area (Å²) in [5.74, 6) is -0.475. The molecule has 0 aliphatic carbocycles. The Kier molecular flexibility index (Phi) is 4.90. The third-order valence-corrected chi connectivity index (χ3v) is 3.18. The largest absolute Gasteiger partial charge is 0.469 e. The van der Waals surface area contributed by atoms with Crippen LogP contribution in [0, 0.1) is 13.8 Å². The first kappa shape index (κ1) is 14.7. The van der Waals surface area contributed by atoms with Gasteiger partial charge in [-0.25, -0.2) is 0 Å². The third kappa shape index (κ3) is 3.10. The molecule has 0 N–H and O–H groups in total. The molecule has 0 fully saturated rings. The molecule has 0 aliphatic heterocycles. The van der Waals surface area contributed by atoms with Crippen molar-refractivity contribution in [3.8, 4) is 0 Å². The van der Waals surface area contributed by atoms with Gasteiger partial charge in [0.2, 0.25) is 0 Å². The van der Waals surface area contributed by atoms with E-state index in [1.54, 1.807) is 0 Å². The quantitative estimate of drug-likeness (QED) is 0.743. The number of nitrogens with zero attached hydrogens (tertiary/aromatic N) is 3. The maximum absolute atomic E-state index is 11.6. The van der Waals surface area contributed by atoms with Crippen LogP contribution < -0.4 is 0 Å². The highest BCUT2D eigenvalue weighted by Crippen LogP contribution is 2.24. The Morgan fingerprint density at radius 1 is 1.44 bits per heavy atom. The molecule has 0 bridgehead atoms. The lowest BCUT2D eigenvalue weighted by Crippen LogP contribution is -2.20. The number of likely N-dealkylation sites (N-methyl/N-ethyl adjacent to an activating group) is 1. The summed E-state index contributed by atoms with van der Waals surface area (Å²) in [4.78, 5) is 13.7. The Morgan fingerprint density at radius 2 is 2.06 bits per heavy atom. The van der Waals surface area contributed by atoms with Crippen molar-refractivity contribution in [2.75, 3.05) is 27.7 Å². The minimum Gasteiger partial charge on any atom is -0.469 e. The van der Waals surface area contributed by atoms with Gasteiger partial charge >= 0.3 is 5.97 Å². The van der Waals surface area contributed by atoms with Crippen molar-refractivity contribution < 1.29 is 9.53 Å². The topological polar surface area (TPSA) is 47.4 Å². The smallest absolute Gasteiger partial charge is 0.312 e. The standard InChI is InChI=1S/C13H23N3O2/c1-9(13(17)18-6)12-10(2)14-16(11(12)3)8-7-15(4)5/h9H,7-8H2,1-6H3. The monoisotopic (exact) mass is 253 g/mol. The Balaban J connectivity index is 2.97. The Labute approximate surface area is 109 Å². The van der Waals surface area contributed by atoms with Crippen molar-refractivity contribution in [2.24, 2.45) is 0 Å². The summed E-state index contributed by atoms with van der Waals surface area (Å²) in [7, 11) is 5.48.